The first-order chi connectivity index (χ1) is 15.1. The normalized spacial score (nSPS) is 16.9. The molecule has 2 aromatic rings. The van der Waals surface area contributed by atoms with Gasteiger partial charge in [0, 0.05) is 26.1 Å². The summed E-state index contributed by atoms with van der Waals surface area (Å²) in [4.78, 5) is 13.7. The second-order valence-corrected chi connectivity index (χ2v) is 9.47. The molecule has 0 fully saturated rings. The number of nitrogens with two attached hydrogens (primary N) is 2. The quantitative estimate of drug-likeness (QED) is 0.443. The van der Waals surface area contributed by atoms with Crippen molar-refractivity contribution in [3.8, 4) is 5.75 Å². The molecule has 1 aromatic carbocycles. The van der Waals surface area contributed by atoms with E-state index in [0.717, 1.165) is 11.3 Å². The predicted octanol–water partition coefficient (Wildman–Crippen LogP) is 1.36. The smallest absolute Gasteiger partial charge is 0.324 e. The summed E-state index contributed by atoms with van der Waals surface area (Å²) < 4.78 is 26.3. The van der Waals surface area contributed by atoms with Crippen molar-refractivity contribution in [2.75, 3.05) is 14.1 Å². The van der Waals surface area contributed by atoms with Gasteiger partial charge in [0.25, 0.3) is 17.1 Å². The van der Waals surface area contributed by atoms with Gasteiger partial charge in [-0.05, 0) is 23.6 Å². The number of furan rings is 1. The molecule has 0 aliphatic carbocycles. The minimum atomic E-state index is -1.75. The summed E-state index contributed by atoms with van der Waals surface area (Å²) in [5.74, 6) is 1.75. The topological polar surface area (TPSA) is 129 Å². The maximum Gasteiger partial charge on any atom is 0.324 e. The number of amides is 1. The van der Waals surface area contributed by atoms with Gasteiger partial charge in [0.2, 0.25) is 0 Å². The second kappa shape index (κ2) is 9.76. The Morgan fingerprint density at radius 2 is 1.84 bits per heavy atom. The Kier molecular flexibility index (Phi) is 7.27. The first-order valence-corrected chi connectivity index (χ1v) is 11.6. The SMILES string of the molecule is CC(C)c1coc(C([NH2+]C2=NS(=O)N=C2[NH2+]c2cccc(C(=O)N(C)C)c2O)C(C)C)c1. The molecule has 9 nitrogen and oxygen atoms in total. The molecule has 1 aliphatic rings. The number of quaternary nitrogens is 2. The van der Waals surface area contributed by atoms with Crippen molar-refractivity contribution in [1.29, 1.82) is 0 Å². The number of hydrogen-bond donors (Lipinski definition) is 3. The molecular formula is C22H31N5O4S+2. The van der Waals surface area contributed by atoms with Crippen LogP contribution in [0.25, 0.3) is 0 Å². The molecule has 172 valence electrons. The molecule has 0 radical (unpaired) electrons. The minimum Gasteiger partial charge on any atom is -0.502 e. The molecule has 2 unspecified atom stereocenters. The van der Waals surface area contributed by atoms with Gasteiger partial charge < -0.3 is 14.4 Å². The van der Waals surface area contributed by atoms with Crippen LogP contribution in [0.1, 0.15) is 61.3 Å². The van der Waals surface area contributed by atoms with Gasteiger partial charge in [0.15, 0.2) is 23.2 Å². The third kappa shape index (κ3) is 5.14. The Balaban J connectivity index is 1.85. The average molecular weight is 462 g/mol. The number of phenolic OH excluding ortho intramolecular Hbond substituents is 1. The first-order valence-electron chi connectivity index (χ1n) is 10.5. The number of phenols is 1. The number of nitrogens with zero attached hydrogens (tertiary/aromatic N) is 3. The van der Waals surface area contributed by atoms with E-state index in [4.69, 9.17) is 4.42 Å². The zero-order valence-electron chi connectivity index (χ0n) is 19.2. The number of carbonyl (C=O) groups excluding carboxylic acids is 1. The Morgan fingerprint density at radius 3 is 2.44 bits per heavy atom. The van der Waals surface area contributed by atoms with Crippen molar-refractivity contribution >= 4 is 34.4 Å². The molecule has 5 N–H and O–H groups in total. The van der Waals surface area contributed by atoms with Crippen molar-refractivity contribution < 1.29 is 29.2 Å². The molecule has 0 saturated carbocycles. The van der Waals surface area contributed by atoms with E-state index in [0.29, 0.717) is 23.3 Å². The lowest BCUT2D eigenvalue weighted by molar-refractivity contribution is -0.600. The van der Waals surface area contributed by atoms with E-state index in [1.165, 1.54) is 4.90 Å². The average Bonchev–Trinajstić information content (AvgIpc) is 3.33. The zero-order chi connectivity index (χ0) is 23.6. The molecular weight excluding hydrogens is 430 g/mol. The van der Waals surface area contributed by atoms with Crippen LogP contribution in [-0.2, 0) is 11.2 Å². The van der Waals surface area contributed by atoms with Crippen molar-refractivity contribution in [3.63, 3.8) is 0 Å². The van der Waals surface area contributed by atoms with Crippen LogP contribution in [0.3, 0.4) is 0 Å². The van der Waals surface area contributed by atoms with Gasteiger partial charge in [0.05, 0.1) is 11.8 Å². The van der Waals surface area contributed by atoms with Crippen LogP contribution < -0.4 is 10.6 Å². The maximum atomic E-state index is 12.3. The predicted molar refractivity (Wildman–Crippen MR) is 123 cm³/mol. The van der Waals surface area contributed by atoms with Crippen LogP contribution in [0.4, 0.5) is 5.69 Å². The highest BCUT2D eigenvalue weighted by Crippen LogP contribution is 2.26. The summed E-state index contributed by atoms with van der Waals surface area (Å²) in [5.41, 5.74) is 1.70. The molecule has 10 heteroatoms. The molecule has 1 aliphatic heterocycles. The Bertz CT molecular complexity index is 1090. The summed E-state index contributed by atoms with van der Waals surface area (Å²) in [5, 5.41) is 14.1. The van der Waals surface area contributed by atoms with Gasteiger partial charge in [-0.25, -0.2) is 4.21 Å². The van der Waals surface area contributed by atoms with Crippen molar-refractivity contribution in [2.45, 2.75) is 39.7 Å². The van der Waals surface area contributed by atoms with Crippen molar-refractivity contribution in [3.05, 3.63) is 47.4 Å². The summed E-state index contributed by atoms with van der Waals surface area (Å²) in [6, 6.07) is 6.86. The zero-order valence-corrected chi connectivity index (χ0v) is 20.0. The van der Waals surface area contributed by atoms with Crippen LogP contribution in [-0.4, -0.2) is 45.9 Å². The number of para-hydroxylation sites is 1. The molecule has 1 amide bonds. The van der Waals surface area contributed by atoms with Gasteiger partial charge in [-0.3, -0.25) is 15.4 Å². The summed E-state index contributed by atoms with van der Waals surface area (Å²) in [6.45, 7) is 8.37. The Morgan fingerprint density at radius 1 is 1.16 bits per heavy atom. The number of rotatable bonds is 6. The lowest BCUT2D eigenvalue weighted by Gasteiger charge is -2.16. The number of benzene rings is 1. The number of amidine groups is 2. The molecule has 0 saturated heterocycles. The van der Waals surface area contributed by atoms with E-state index in [-0.39, 0.29) is 29.2 Å². The van der Waals surface area contributed by atoms with E-state index < -0.39 is 11.2 Å². The van der Waals surface area contributed by atoms with E-state index in [1.54, 1.807) is 43.9 Å². The van der Waals surface area contributed by atoms with Gasteiger partial charge in [-0.2, -0.15) is 0 Å². The summed E-state index contributed by atoms with van der Waals surface area (Å²) in [6.07, 6.45) is 1.77. The van der Waals surface area contributed by atoms with Crippen LogP contribution in [0.2, 0.25) is 0 Å². The lowest BCUT2D eigenvalue weighted by Crippen LogP contribution is -2.99. The van der Waals surface area contributed by atoms with Crippen molar-refractivity contribution in [2.24, 2.45) is 14.7 Å². The third-order valence-corrected chi connectivity index (χ3v) is 6.01. The fourth-order valence-electron chi connectivity index (χ4n) is 3.36. The molecule has 0 bridgehead atoms. The van der Waals surface area contributed by atoms with Crippen LogP contribution in [0.15, 0.2) is 43.7 Å². The second-order valence-electron chi connectivity index (χ2n) is 8.64. The fourth-order valence-corrected chi connectivity index (χ4v) is 4.03. The number of aromatic hydroxyl groups is 1. The number of carbonyl (C=O) groups is 1. The van der Waals surface area contributed by atoms with Gasteiger partial charge in [-0.15, -0.1) is 8.80 Å². The summed E-state index contributed by atoms with van der Waals surface area (Å²) >= 11 is -1.75. The van der Waals surface area contributed by atoms with Crippen LogP contribution >= 0.6 is 0 Å². The van der Waals surface area contributed by atoms with Crippen LogP contribution in [0.5, 0.6) is 5.75 Å². The third-order valence-electron chi connectivity index (χ3n) is 5.30. The van der Waals surface area contributed by atoms with Crippen molar-refractivity contribution in [1.82, 2.24) is 4.90 Å². The standard InChI is InChI=1S/C22H29N5O4S/c1-12(2)14-10-17(31-11-14)18(13(3)4)24-21-20(25-32(30)26-21)23-16-9-7-8-15(19(16)28)22(29)27(5)6/h7-13,18,28H,1-6H3,(H,23,25)(H,24,26)/p+2. The molecule has 32 heavy (non-hydrogen) atoms. The monoisotopic (exact) mass is 461 g/mol. The van der Waals surface area contributed by atoms with E-state index in [2.05, 4.69) is 36.5 Å². The first kappa shape index (κ1) is 23.8. The van der Waals surface area contributed by atoms with E-state index >= 15 is 0 Å². The van der Waals surface area contributed by atoms with Gasteiger partial charge in [0.1, 0.15) is 0 Å². The van der Waals surface area contributed by atoms with Gasteiger partial charge >= 0.3 is 11.7 Å². The van der Waals surface area contributed by atoms with Gasteiger partial charge in [-0.1, -0.05) is 33.8 Å². The maximum absolute atomic E-state index is 12.3. The molecule has 3 rings (SSSR count). The minimum absolute atomic E-state index is 0.0924. The van der Waals surface area contributed by atoms with Crippen LogP contribution in [0, 0.1) is 5.92 Å². The highest BCUT2D eigenvalue weighted by molar-refractivity contribution is 7.83. The Labute approximate surface area is 190 Å². The number of hydrogen-bond acceptors (Lipinski definition) is 4. The highest BCUT2D eigenvalue weighted by atomic mass is 32.2. The largest absolute Gasteiger partial charge is 0.502 e. The Hall–Kier alpha value is -2.82. The van der Waals surface area contributed by atoms with E-state index in [1.807, 2.05) is 11.4 Å². The molecule has 2 atom stereocenters. The molecule has 1 aromatic heterocycles. The molecule has 2 heterocycles. The van der Waals surface area contributed by atoms with E-state index in [9.17, 15) is 14.1 Å². The summed E-state index contributed by atoms with van der Waals surface area (Å²) in [7, 11) is 3.24. The highest BCUT2D eigenvalue weighted by Gasteiger charge is 2.35. The lowest BCUT2D eigenvalue weighted by atomic mass is 9.99. The molecule has 0 spiro atoms. The fraction of sp³-hybridized carbons (Fsp3) is 0.409.